The third kappa shape index (κ3) is 4.83. The number of aliphatic hydroxyl groups is 1. The van der Waals surface area contributed by atoms with Crippen LogP contribution < -0.4 is 9.47 Å². The molecule has 0 amide bonds. The van der Waals surface area contributed by atoms with Crippen LogP contribution in [0, 0.1) is 0 Å². The van der Waals surface area contributed by atoms with Gasteiger partial charge in [0.2, 0.25) is 5.88 Å². The topological polar surface area (TPSA) is 54.8 Å². The molecule has 0 spiro atoms. The minimum Gasteiger partial charge on any atom is -0.497 e. The monoisotopic (exact) mass is 506 g/mol. The summed E-state index contributed by atoms with van der Waals surface area (Å²) in [6.45, 7) is 0.695. The van der Waals surface area contributed by atoms with E-state index in [1.165, 1.54) is 0 Å². The highest BCUT2D eigenvalue weighted by molar-refractivity contribution is 5.87. The molecule has 0 saturated heterocycles. The summed E-state index contributed by atoms with van der Waals surface area (Å²) in [7, 11) is 7.36. The Kier molecular flexibility index (Phi) is 7.32. The second-order valence-corrected chi connectivity index (χ2v) is 9.99. The summed E-state index contributed by atoms with van der Waals surface area (Å²) in [4.78, 5) is 6.99. The fraction of sp³-hybridized carbons (Fsp3) is 0.242. The molecule has 5 rings (SSSR count). The first-order valence-electron chi connectivity index (χ1n) is 12.9. The predicted molar refractivity (Wildman–Crippen MR) is 154 cm³/mol. The Hall–Kier alpha value is -3.93. The maximum Gasteiger partial charge on any atom is 0.217 e. The lowest BCUT2D eigenvalue weighted by Gasteiger charge is -2.39. The Morgan fingerprint density at radius 1 is 0.816 bits per heavy atom. The Morgan fingerprint density at radius 3 is 2.29 bits per heavy atom. The van der Waals surface area contributed by atoms with Gasteiger partial charge in [-0.1, -0.05) is 72.8 Å². The molecule has 0 radical (unpaired) electrons. The maximum absolute atomic E-state index is 13.1. The molecule has 1 aromatic heterocycles. The van der Waals surface area contributed by atoms with Gasteiger partial charge in [-0.3, -0.25) is 0 Å². The summed E-state index contributed by atoms with van der Waals surface area (Å²) in [5.41, 5.74) is 2.24. The zero-order chi connectivity index (χ0) is 26.7. The normalized spacial score (nSPS) is 13.9. The number of fused-ring (bicyclic) bond motifs is 2. The summed E-state index contributed by atoms with van der Waals surface area (Å²) in [6, 6.07) is 32.5. The quantitative estimate of drug-likeness (QED) is 0.252. The number of aromatic nitrogens is 1. The van der Waals surface area contributed by atoms with Crippen molar-refractivity contribution in [1.82, 2.24) is 9.88 Å². The minimum absolute atomic E-state index is 0.451. The first-order valence-corrected chi connectivity index (χ1v) is 12.9. The fourth-order valence-corrected chi connectivity index (χ4v) is 5.44. The molecule has 5 heteroatoms. The first kappa shape index (κ1) is 25.7. The maximum atomic E-state index is 13.1. The third-order valence-electron chi connectivity index (χ3n) is 7.33. The van der Waals surface area contributed by atoms with Gasteiger partial charge in [0.1, 0.15) is 11.4 Å². The number of methoxy groups -OCH3 is 2. The molecule has 0 bridgehead atoms. The van der Waals surface area contributed by atoms with Crippen molar-refractivity contribution in [3.63, 3.8) is 0 Å². The van der Waals surface area contributed by atoms with Crippen LogP contribution in [0.4, 0.5) is 0 Å². The number of nitrogens with zero attached hydrogens (tertiary/aromatic N) is 2. The predicted octanol–water partition coefficient (Wildman–Crippen LogP) is 6.38. The van der Waals surface area contributed by atoms with Crippen LogP contribution in [-0.2, 0) is 5.60 Å². The van der Waals surface area contributed by atoms with Gasteiger partial charge >= 0.3 is 0 Å². The molecule has 0 aliphatic heterocycles. The van der Waals surface area contributed by atoms with Crippen molar-refractivity contribution in [2.45, 2.75) is 17.9 Å². The van der Waals surface area contributed by atoms with Crippen molar-refractivity contribution < 1.29 is 14.6 Å². The van der Waals surface area contributed by atoms with E-state index in [4.69, 9.17) is 14.5 Å². The zero-order valence-electron chi connectivity index (χ0n) is 22.4. The van der Waals surface area contributed by atoms with Gasteiger partial charge in [-0.2, -0.15) is 0 Å². The van der Waals surface area contributed by atoms with E-state index in [1.54, 1.807) is 14.2 Å². The molecule has 1 N–H and O–H groups in total. The van der Waals surface area contributed by atoms with Gasteiger partial charge in [0.05, 0.1) is 19.7 Å². The lowest BCUT2D eigenvalue weighted by atomic mass is 9.70. The molecule has 5 nitrogen and oxygen atoms in total. The van der Waals surface area contributed by atoms with Crippen molar-refractivity contribution >= 4 is 21.7 Å². The van der Waals surface area contributed by atoms with Gasteiger partial charge < -0.3 is 19.5 Å². The van der Waals surface area contributed by atoms with Crippen LogP contribution in [0.5, 0.6) is 11.6 Å². The summed E-state index contributed by atoms with van der Waals surface area (Å²) in [5.74, 6) is 0.802. The van der Waals surface area contributed by atoms with Gasteiger partial charge in [0.15, 0.2) is 0 Å². The van der Waals surface area contributed by atoms with Crippen LogP contribution >= 0.6 is 0 Å². The highest BCUT2D eigenvalue weighted by Crippen LogP contribution is 2.49. The fourth-order valence-electron chi connectivity index (χ4n) is 5.44. The van der Waals surface area contributed by atoms with E-state index in [9.17, 15) is 5.11 Å². The van der Waals surface area contributed by atoms with Gasteiger partial charge in [-0.05, 0) is 66.7 Å². The second-order valence-electron chi connectivity index (χ2n) is 9.99. The van der Waals surface area contributed by atoms with Crippen molar-refractivity contribution in [3.05, 3.63) is 114 Å². The Balaban J connectivity index is 1.83. The number of ether oxygens (including phenoxy) is 2. The molecule has 2 unspecified atom stereocenters. The van der Waals surface area contributed by atoms with E-state index in [0.717, 1.165) is 44.1 Å². The van der Waals surface area contributed by atoms with Crippen LogP contribution in [0.1, 0.15) is 29.0 Å². The van der Waals surface area contributed by atoms with Crippen LogP contribution in [0.15, 0.2) is 97.1 Å². The van der Waals surface area contributed by atoms with E-state index < -0.39 is 11.5 Å². The summed E-state index contributed by atoms with van der Waals surface area (Å²) < 4.78 is 11.4. The van der Waals surface area contributed by atoms with Crippen molar-refractivity contribution in [1.29, 1.82) is 0 Å². The SMILES string of the molecule is COc1ccc2nc(OC)c(C(c3ccccc3)C(O)(CCN(C)C)c3cccc4ccccc34)cc2c1. The summed E-state index contributed by atoms with van der Waals surface area (Å²) in [5, 5.41) is 16.1. The van der Waals surface area contributed by atoms with E-state index >= 15 is 0 Å². The molecule has 5 aromatic rings. The van der Waals surface area contributed by atoms with Gasteiger partial charge in [-0.15, -0.1) is 0 Å². The molecule has 0 saturated carbocycles. The van der Waals surface area contributed by atoms with Gasteiger partial charge in [0.25, 0.3) is 0 Å². The second kappa shape index (κ2) is 10.8. The number of hydrogen-bond donors (Lipinski definition) is 1. The van der Waals surface area contributed by atoms with Gasteiger partial charge in [-0.25, -0.2) is 4.98 Å². The molecule has 2 atom stereocenters. The molecule has 194 valence electrons. The molecule has 0 fully saturated rings. The molecular formula is C33H34N2O3. The molecule has 0 aliphatic rings. The molecule has 1 heterocycles. The van der Waals surface area contributed by atoms with E-state index in [0.29, 0.717) is 18.8 Å². The lowest BCUT2D eigenvalue weighted by molar-refractivity contribution is 0.00520. The van der Waals surface area contributed by atoms with Crippen LogP contribution in [-0.4, -0.2) is 49.9 Å². The Bertz CT molecular complexity index is 1550. The molecule has 38 heavy (non-hydrogen) atoms. The van der Waals surface area contributed by atoms with Crippen molar-refractivity contribution in [3.8, 4) is 11.6 Å². The van der Waals surface area contributed by atoms with Crippen LogP contribution in [0.2, 0.25) is 0 Å². The average molecular weight is 507 g/mol. The van der Waals surface area contributed by atoms with E-state index in [-0.39, 0.29) is 0 Å². The summed E-state index contributed by atoms with van der Waals surface area (Å²) >= 11 is 0. The highest BCUT2D eigenvalue weighted by Gasteiger charge is 2.43. The Morgan fingerprint density at radius 2 is 1.55 bits per heavy atom. The lowest BCUT2D eigenvalue weighted by Crippen LogP contribution is -2.38. The van der Waals surface area contributed by atoms with E-state index in [2.05, 4.69) is 47.4 Å². The van der Waals surface area contributed by atoms with Crippen molar-refractivity contribution in [2.75, 3.05) is 34.9 Å². The number of hydrogen-bond acceptors (Lipinski definition) is 5. The van der Waals surface area contributed by atoms with Gasteiger partial charge in [0, 0.05) is 23.4 Å². The third-order valence-corrected chi connectivity index (χ3v) is 7.33. The summed E-state index contributed by atoms with van der Waals surface area (Å²) in [6.07, 6.45) is 0.507. The van der Waals surface area contributed by atoms with E-state index in [1.807, 2.05) is 68.7 Å². The molecular weight excluding hydrogens is 472 g/mol. The largest absolute Gasteiger partial charge is 0.497 e. The standard InChI is InChI=1S/C33H34N2O3/c1-35(2)20-19-33(36,29-16-10-14-23-11-8-9-15-27(23)29)31(24-12-6-5-7-13-24)28-22-25-21-26(37-3)17-18-30(25)34-32(28)38-4/h5-18,21-22,31,36H,19-20H2,1-4H3. The first-order chi connectivity index (χ1) is 18.4. The number of pyridine rings is 1. The number of rotatable bonds is 9. The average Bonchev–Trinajstić information content (AvgIpc) is 2.95. The van der Waals surface area contributed by atoms with Crippen molar-refractivity contribution in [2.24, 2.45) is 0 Å². The Labute approximate surface area is 224 Å². The van der Waals surface area contributed by atoms with Crippen LogP contribution in [0.3, 0.4) is 0 Å². The molecule has 4 aromatic carbocycles. The highest BCUT2D eigenvalue weighted by atomic mass is 16.5. The zero-order valence-corrected chi connectivity index (χ0v) is 22.4. The number of benzene rings is 4. The molecule has 0 aliphatic carbocycles. The minimum atomic E-state index is -1.27. The van der Waals surface area contributed by atoms with Crippen LogP contribution in [0.25, 0.3) is 21.7 Å². The smallest absolute Gasteiger partial charge is 0.217 e.